The molecule has 0 heterocycles. The summed E-state index contributed by atoms with van der Waals surface area (Å²) in [4.78, 5) is 21.8. The molecule has 96 valence electrons. The van der Waals surface area contributed by atoms with Crippen molar-refractivity contribution in [3.63, 3.8) is 0 Å². The Morgan fingerprint density at radius 2 is 2.22 bits per heavy atom. The number of hydrogen-bond donors (Lipinski definition) is 1. The van der Waals surface area contributed by atoms with Gasteiger partial charge in [-0.2, -0.15) is 0 Å². The van der Waals surface area contributed by atoms with E-state index in [9.17, 15) is 14.9 Å². The number of nitro groups is 1. The number of nitrogens with zero attached hydrogens (tertiary/aromatic N) is 1. The Morgan fingerprint density at radius 1 is 1.56 bits per heavy atom. The number of nitro benzene ring substituents is 1. The third-order valence-electron chi connectivity index (χ3n) is 3.06. The van der Waals surface area contributed by atoms with Gasteiger partial charge in [0.15, 0.2) is 0 Å². The highest BCUT2D eigenvalue weighted by atomic mass is 16.6. The first-order valence-electron chi connectivity index (χ1n) is 5.66. The molecule has 1 aromatic carbocycles. The fraction of sp³-hybridized carbons (Fsp3) is 0.417. The molecule has 1 aliphatic rings. The van der Waals surface area contributed by atoms with E-state index in [1.807, 2.05) is 0 Å². The Hall–Kier alpha value is -2.11. The summed E-state index contributed by atoms with van der Waals surface area (Å²) in [6.45, 7) is 2.06. The fourth-order valence-electron chi connectivity index (χ4n) is 1.78. The summed E-state index contributed by atoms with van der Waals surface area (Å²) >= 11 is 0. The van der Waals surface area contributed by atoms with E-state index in [0.29, 0.717) is 17.2 Å². The number of benzene rings is 1. The number of rotatable bonds is 4. The largest absolute Gasteiger partial charge is 0.465 e. The van der Waals surface area contributed by atoms with Gasteiger partial charge in [0.25, 0.3) is 5.69 Å². The van der Waals surface area contributed by atoms with E-state index in [4.69, 9.17) is 0 Å². The monoisotopic (exact) mass is 250 g/mol. The zero-order valence-electron chi connectivity index (χ0n) is 10.2. The van der Waals surface area contributed by atoms with Gasteiger partial charge in [-0.05, 0) is 24.5 Å². The lowest BCUT2D eigenvalue weighted by Gasteiger charge is -2.07. The van der Waals surface area contributed by atoms with Gasteiger partial charge < -0.3 is 10.1 Å². The molecule has 0 aliphatic heterocycles. The zero-order valence-corrected chi connectivity index (χ0v) is 10.2. The Bertz CT molecular complexity index is 501. The maximum Gasteiger partial charge on any atom is 0.337 e. The van der Waals surface area contributed by atoms with E-state index < -0.39 is 10.9 Å². The van der Waals surface area contributed by atoms with Crippen molar-refractivity contribution in [2.75, 3.05) is 12.4 Å². The minimum Gasteiger partial charge on any atom is -0.465 e. The highest BCUT2D eigenvalue weighted by Crippen LogP contribution is 2.36. The SMILES string of the molecule is COC(=O)c1ccc([N+](=O)[O-])c(NC2CC2C)c1. The first-order chi connectivity index (χ1) is 8.52. The van der Waals surface area contributed by atoms with Crippen LogP contribution in [0.25, 0.3) is 0 Å². The molecule has 0 radical (unpaired) electrons. The van der Waals surface area contributed by atoms with Gasteiger partial charge in [-0.25, -0.2) is 4.79 Å². The Morgan fingerprint density at radius 3 is 2.72 bits per heavy atom. The van der Waals surface area contributed by atoms with E-state index in [1.54, 1.807) is 0 Å². The predicted molar refractivity (Wildman–Crippen MR) is 65.6 cm³/mol. The van der Waals surface area contributed by atoms with Gasteiger partial charge in [0.1, 0.15) is 5.69 Å². The van der Waals surface area contributed by atoms with Gasteiger partial charge in [-0.15, -0.1) is 0 Å². The van der Waals surface area contributed by atoms with Crippen LogP contribution >= 0.6 is 0 Å². The number of carbonyl (C=O) groups excluding carboxylic acids is 1. The average molecular weight is 250 g/mol. The van der Waals surface area contributed by atoms with Crippen molar-refractivity contribution < 1.29 is 14.5 Å². The van der Waals surface area contributed by atoms with E-state index in [0.717, 1.165) is 6.42 Å². The summed E-state index contributed by atoms with van der Waals surface area (Å²) in [5.41, 5.74) is 0.651. The Labute approximate surface area is 104 Å². The molecule has 1 fully saturated rings. The number of anilines is 1. The van der Waals surface area contributed by atoms with Gasteiger partial charge in [-0.3, -0.25) is 10.1 Å². The van der Waals surface area contributed by atoms with Gasteiger partial charge in [0.2, 0.25) is 0 Å². The lowest BCUT2D eigenvalue weighted by molar-refractivity contribution is -0.384. The molecule has 18 heavy (non-hydrogen) atoms. The standard InChI is InChI=1S/C12H14N2O4/c1-7-5-9(7)13-10-6-8(12(15)18-2)3-4-11(10)14(16)17/h3-4,6-7,9,13H,5H2,1-2H3. The van der Waals surface area contributed by atoms with Crippen LogP contribution < -0.4 is 5.32 Å². The van der Waals surface area contributed by atoms with Crippen LogP contribution in [0.3, 0.4) is 0 Å². The summed E-state index contributed by atoms with van der Waals surface area (Å²) in [7, 11) is 1.28. The van der Waals surface area contributed by atoms with Crippen LogP contribution in [0, 0.1) is 16.0 Å². The van der Waals surface area contributed by atoms with Crippen LogP contribution in [-0.2, 0) is 4.74 Å². The van der Waals surface area contributed by atoms with Crippen LogP contribution in [0.15, 0.2) is 18.2 Å². The molecule has 0 aromatic heterocycles. The summed E-state index contributed by atoms with van der Waals surface area (Å²) in [6.07, 6.45) is 0.986. The third kappa shape index (κ3) is 2.42. The van der Waals surface area contributed by atoms with Crippen LogP contribution in [0.5, 0.6) is 0 Å². The zero-order chi connectivity index (χ0) is 13.3. The maximum atomic E-state index is 11.4. The lowest BCUT2D eigenvalue weighted by Crippen LogP contribution is -2.08. The van der Waals surface area contributed by atoms with Crippen LogP contribution in [-0.4, -0.2) is 24.0 Å². The molecule has 1 aromatic rings. The summed E-state index contributed by atoms with van der Waals surface area (Å²) in [5, 5.41) is 14.0. The summed E-state index contributed by atoms with van der Waals surface area (Å²) < 4.78 is 4.60. The van der Waals surface area contributed by atoms with Crippen molar-refractivity contribution in [2.24, 2.45) is 5.92 Å². The molecule has 2 unspecified atom stereocenters. The predicted octanol–water partition coefficient (Wildman–Crippen LogP) is 2.20. The minimum atomic E-state index is -0.503. The number of hydrogen-bond acceptors (Lipinski definition) is 5. The van der Waals surface area contributed by atoms with Gasteiger partial charge in [0, 0.05) is 12.1 Å². The molecule has 0 spiro atoms. The first kappa shape index (κ1) is 12.3. The van der Waals surface area contributed by atoms with Crippen molar-refractivity contribution in [1.82, 2.24) is 0 Å². The third-order valence-corrected chi connectivity index (χ3v) is 3.06. The van der Waals surface area contributed by atoms with Crippen LogP contribution in [0.4, 0.5) is 11.4 Å². The molecule has 0 bridgehead atoms. The quantitative estimate of drug-likeness (QED) is 0.503. The van der Waals surface area contributed by atoms with E-state index >= 15 is 0 Å². The summed E-state index contributed by atoms with van der Waals surface area (Å²) in [6, 6.07) is 4.43. The first-order valence-corrected chi connectivity index (χ1v) is 5.66. The van der Waals surface area contributed by atoms with Crippen LogP contribution in [0.1, 0.15) is 23.7 Å². The lowest BCUT2D eigenvalue weighted by atomic mass is 10.1. The van der Waals surface area contributed by atoms with E-state index in [-0.39, 0.29) is 11.7 Å². The van der Waals surface area contributed by atoms with E-state index in [1.165, 1.54) is 25.3 Å². The summed E-state index contributed by atoms with van der Waals surface area (Å²) in [5.74, 6) is 0.00294. The smallest absolute Gasteiger partial charge is 0.337 e. The van der Waals surface area contributed by atoms with Gasteiger partial charge in [-0.1, -0.05) is 6.92 Å². The van der Waals surface area contributed by atoms with Crippen molar-refractivity contribution in [2.45, 2.75) is 19.4 Å². The normalized spacial score (nSPS) is 21.2. The van der Waals surface area contributed by atoms with Crippen molar-refractivity contribution in [3.05, 3.63) is 33.9 Å². The molecule has 1 aliphatic carbocycles. The van der Waals surface area contributed by atoms with Gasteiger partial charge >= 0.3 is 5.97 Å². The highest BCUT2D eigenvalue weighted by molar-refractivity contribution is 5.91. The molecule has 2 atom stereocenters. The number of methoxy groups -OCH3 is 1. The van der Waals surface area contributed by atoms with E-state index in [2.05, 4.69) is 17.0 Å². The fourth-order valence-corrected chi connectivity index (χ4v) is 1.78. The molecular weight excluding hydrogens is 236 g/mol. The Balaban J connectivity index is 2.31. The number of carbonyl (C=O) groups is 1. The molecule has 0 saturated heterocycles. The minimum absolute atomic E-state index is 0.0262. The number of nitrogens with one attached hydrogen (secondary N) is 1. The molecule has 0 amide bonds. The maximum absolute atomic E-state index is 11.4. The van der Waals surface area contributed by atoms with Crippen LogP contribution in [0.2, 0.25) is 0 Å². The molecule has 6 nitrogen and oxygen atoms in total. The van der Waals surface area contributed by atoms with Crippen molar-refractivity contribution in [3.8, 4) is 0 Å². The Kier molecular flexibility index (Phi) is 3.18. The molecule has 1 saturated carbocycles. The molecule has 6 heteroatoms. The second-order valence-electron chi connectivity index (χ2n) is 4.44. The highest BCUT2D eigenvalue weighted by Gasteiger charge is 2.34. The molecular formula is C12H14N2O4. The average Bonchev–Trinajstić information content (AvgIpc) is 3.03. The number of esters is 1. The van der Waals surface area contributed by atoms with Crippen molar-refractivity contribution >= 4 is 17.3 Å². The second kappa shape index (κ2) is 4.64. The van der Waals surface area contributed by atoms with Gasteiger partial charge in [0.05, 0.1) is 17.6 Å². The topological polar surface area (TPSA) is 81.5 Å². The number of ether oxygens (including phenoxy) is 1. The van der Waals surface area contributed by atoms with Crippen molar-refractivity contribution in [1.29, 1.82) is 0 Å². The second-order valence-corrected chi connectivity index (χ2v) is 4.44. The molecule has 2 rings (SSSR count). The molecule has 1 N–H and O–H groups in total.